The van der Waals surface area contributed by atoms with E-state index in [-0.39, 0.29) is 17.6 Å². The van der Waals surface area contributed by atoms with E-state index in [0.29, 0.717) is 46.4 Å². The minimum Gasteiger partial charge on any atom is -0.495 e. The highest BCUT2D eigenvalue weighted by Crippen LogP contribution is 2.42. The molecule has 2 amide bonds. The molecule has 1 atom stereocenters. The molecule has 0 spiro atoms. The van der Waals surface area contributed by atoms with E-state index in [1.54, 1.807) is 24.1 Å². The van der Waals surface area contributed by atoms with E-state index in [9.17, 15) is 14.9 Å². The Labute approximate surface area is 208 Å². The van der Waals surface area contributed by atoms with Gasteiger partial charge in [0.1, 0.15) is 5.75 Å². The Hall–Kier alpha value is -3.22. The number of rotatable bonds is 9. The summed E-state index contributed by atoms with van der Waals surface area (Å²) in [4.78, 5) is 28.7. The predicted molar refractivity (Wildman–Crippen MR) is 138 cm³/mol. The van der Waals surface area contributed by atoms with Crippen molar-refractivity contribution in [3.63, 3.8) is 0 Å². The molecule has 0 radical (unpaired) electrons. The summed E-state index contributed by atoms with van der Waals surface area (Å²) in [6.45, 7) is 6.97. The fourth-order valence-corrected chi connectivity index (χ4v) is 5.64. The largest absolute Gasteiger partial charge is 0.495 e. The maximum absolute atomic E-state index is 13.5. The summed E-state index contributed by atoms with van der Waals surface area (Å²) < 4.78 is 5.37. The quantitative estimate of drug-likeness (QED) is 0.523. The number of allylic oxidation sites excluding steroid dienone is 2. The fourth-order valence-electron chi connectivity index (χ4n) is 3.81. The van der Waals surface area contributed by atoms with Crippen LogP contribution < -0.4 is 15.4 Å². The lowest BCUT2D eigenvalue weighted by Crippen LogP contribution is -2.33. The molecular formula is C25H28N4O3S2. The highest BCUT2D eigenvalue weighted by molar-refractivity contribution is 8.03. The van der Waals surface area contributed by atoms with E-state index in [0.717, 1.165) is 4.88 Å². The van der Waals surface area contributed by atoms with Crippen LogP contribution in [0.2, 0.25) is 0 Å². The van der Waals surface area contributed by atoms with Crippen molar-refractivity contribution in [2.45, 2.75) is 26.7 Å². The Kier molecular flexibility index (Phi) is 8.79. The Balaban J connectivity index is 1.95. The summed E-state index contributed by atoms with van der Waals surface area (Å²) in [6.07, 6.45) is 0. The minimum atomic E-state index is -0.535. The van der Waals surface area contributed by atoms with Crippen molar-refractivity contribution < 1.29 is 14.3 Å². The summed E-state index contributed by atoms with van der Waals surface area (Å²) in [5.74, 6) is -0.0816. The number of nitrogens with zero attached hydrogens (tertiary/aromatic N) is 2. The summed E-state index contributed by atoms with van der Waals surface area (Å²) in [6, 6.07) is 13.3. The fraction of sp³-hybridized carbons (Fsp3) is 0.320. The van der Waals surface area contributed by atoms with Gasteiger partial charge in [0.15, 0.2) is 0 Å². The predicted octanol–water partition coefficient (Wildman–Crippen LogP) is 4.69. The number of ether oxygens (including phenoxy) is 1. The van der Waals surface area contributed by atoms with E-state index in [4.69, 9.17) is 4.74 Å². The van der Waals surface area contributed by atoms with Crippen molar-refractivity contribution in [2.75, 3.05) is 31.3 Å². The molecule has 3 rings (SSSR count). The zero-order chi connectivity index (χ0) is 24.7. The average Bonchev–Trinajstić information content (AvgIpc) is 3.38. The van der Waals surface area contributed by atoms with Gasteiger partial charge in [0.25, 0.3) is 5.91 Å². The molecule has 0 saturated carbocycles. The number of hydrogen-bond acceptors (Lipinski definition) is 7. The van der Waals surface area contributed by atoms with Gasteiger partial charge in [0.2, 0.25) is 5.91 Å². The van der Waals surface area contributed by atoms with Gasteiger partial charge < -0.3 is 20.3 Å². The van der Waals surface area contributed by atoms with Crippen molar-refractivity contribution in [1.29, 1.82) is 5.26 Å². The van der Waals surface area contributed by atoms with Crippen molar-refractivity contribution >= 4 is 40.6 Å². The highest BCUT2D eigenvalue weighted by atomic mass is 32.2. The Morgan fingerprint density at radius 2 is 1.97 bits per heavy atom. The maximum Gasteiger partial charge on any atom is 0.254 e. The second-order valence-electron chi connectivity index (χ2n) is 7.48. The highest BCUT2D eigenvalue weighted by Gasteiger charge is 2.35. The van der Waals surface area contributed by atoms with Crippen LogP contribution in [-0.2, 0) is 9.59 Å². The van der Waals surface area contributed by atoms with Gasteiger partial charge in [-0.25, -0.2) is 0 Å². The number of nitriles is 1. The van der Waals surface area contributed by atoms with Crippen LogP contribution in [0, 0.1) is 11.3 Å². The third-order valence-corrected chi connectivity index (χ3v) is 7.47. The van der Waals surface area contributed by atoms with Gasteiger partial charge in [-0.15, -0.1) is 11.3 Å². The summed E-state index contributed by atoms with van der Waals surface area (Å²) in [5, 5.41) is 18.8. The molecule has 2 heterocycles. The molecule has 0 aliphatic carbocycles. The number of hydrogen-bond donors (Lipinski definition) is 2. The number of para-hydroxylation sites is 2. The number of carbonyl (C=O) groups excluding carboxylic acids is 2. The molecule has 0 unspecified atom stereocenters. The lowest BCUT2D eigenvalue weighted by atomic mass is 9.86. The number of dihydropyridines is 1. The number of anilines is 1. The second-order valence-corrected chi connectivity index (χ2v) is 9.44. The number of methoxy groups -OCH3 is 1. The number of nitrogens with one attached hydrogen (secondary N) is 2. The number of thiophene rings is 1. The lowest BCUT2D eigenvalue weighted by Gasteiger charge is -2.29. The van der Waals surface area contributed by atoms with E-state index in [1.807, 2.05) is 50.4 Å². The summed E-state index contributed by atoms with van der Waals surface area (Å²) in [5.41, 5.74) is 2.08. The van der Waals surface area contributed by atoms with Crippen LogP contribution in [0.5, 0.6) is 5.75 Å². The molecular weight excluding hydrogens is 468 g/mol. The van der Waals surface area contributed by atoms with Gasteiger partial charge in [0.05, 0.1) is 41.1 Å². The van der Waals surface area contributed by atoms with Crippen LogP contribution in [0.1, 0.15) is 31.6 Å². The molecule has 1 aliphatic heterocycles. The molecule has 0 bridgehead atoms. The third-order valence-electron chi connectivity index (χ3n) is 5.53. The first-order chi connectivity index (χ1) is 16.4. The summed E-state index contributed by atoms with van der Waals surface area (Å²) >= 11 is 2.79. The smallest absolute Gasteiger partial charge is 0.254 e. The number of thioether (sulfide) groups is 1. The van der Waals surface area contributed by atoms with E-state index >= 15 is 0 Å². The zero-order valence-corrected chi connectivity index (χ0v) is 21.3. The van der Waals surface area contributed by atoms with E-state index in [1.165, 1.54) is 23.1 Å². The van der Waals surface area contributed by atoms with Crippen LogP contribution in [0.4, 0.5) is 5.69 Å². The van der Waals surface area contributed by atoms with Gasteiger partial charge in [-0.3, -0.25) is 9.59 Å². The average molecular weight is 497 g/mol. The first kappa shape index (κ1) is 25.4. The number of amides is 2. The second kappa shape index (κ2) is 11.8. The molecule has 34 heavy (non-hydrogen) atoms. The Morgan fingerprint density at radius 3 is 2.59 bits per heavy atom. The van der Waals surface area contributed by atoms with Crippen molar-refractivity contribution in [2.24, 2.45) is 0 Å². The van der Waals surface area contributed by atoms with Gasteiger partial charge in [-0.2, -0.15) is 5.26 Å². The van der Waals surface area contributed by atoms with Gasteiger partial charge in [-0.05, 0) is 44.4 Å². The minimum absolute atomic E-state index is 0.00982. The maximum atomic E-state index is 13.5. The number of carbonyl (C=O) groups is 2. The van der Waals surface area contributed by atoms with Crippen LogP contribution in [0.3, 0.4) is 0 Å². The lowest BCUT2D eigenvalue weighted by molar-refractivity contribution is -0.128. The van der Waals surface area contributed by atoms with Crippen LogP contribution in [0.25, 0.3) is 0 Å². The van der Waals surface area contributed by atoms with Crippen LogP contribution >= 0.6 is 23.1 Å². The molecule has 7 nitrogen and oxygen atoms in total. The summed E-state index contributed by atoms with van der Waals surface area (Å²) in [7, 11) is 1.55. The van der Waals surface area contributed by atoms with Crippen molar-refractivity contribution in [3.05, 3.63) is 68.5 Å². The Bertz CT molecular complexity index is 1150. The third kappa shape index (κ3) is 5.46. The van der Waals surface area contributed by atoms with E-state index < -0.39 is 5.92 Å². The molecule has 178 valence electrons. The van der Waals surface area contributed by atoms with Crippen molar-refractivity contribution in [1.82, 2.24) is 10.2 Å². The Morgan fingerprint density at radius 1 is 1.24 bits per heavy atom. The normalized spacial score (nSPS) is 15.4. The molecule has 2 aromatic rings. The first-order valence-electron chi connectivity index (χ1n) is 10.9. The molecule has 9 heteroatoms. The molecule has 0 saturated heterocycles. The van der Waals surface area contributed by atoms with Crippen LogP contribution in [-0.4, -0.2) is 42.7 Å². The van der Waals surface area contributed by atoms with Gasteiger partial charge >= 0.3 is 0 Å². The van der Waals surface area contributed by atoms with Crippen molar-refractivity contribution in [3.8, 4) is 11.8 Å². The topological polar surface area (TPSA) is 94.5 Å². The van der Waals surface area contributed by atoms with Gasteiger partial charge in [0, 0.05) is 29.2 Å². The SMILES string of the molecule is CCN(CC)C(=O)CSC1=C(C#N)[C@@H](c2cccs2)C(C(=O)Nc2ccccc2OC)=C(C)N1. The standard InChI is InChI=1S/C25H28N4O3S2/c1-5-29(6-2)21(30)15-34-25-17(14-26)23(20-12-9-13-33-20)22(16(3)27-25)24(31)28-18-10-7-8-11-19(18)32-4/h7-13,23,27H,5-6,15H2,1-4H3,(H,28,31)/t23-/m0/s1. The molecule has 0 fully saturated rings. The zero-order valence-electron chi connectivity index (χ0n) is 19.7. The van der Waals surface area contributed by atoms with Crippen LogP contribution in [0.15, 0.2) is 63.7 Å². The molecule has 1 aliphatic rings. The molecule has 1 aromatic heterocycles. The number of benzene rings is 1. The van der Waals surface area contributed by atoms with Gasteiger partial charge in [-0.1, -0.05) is 30.0 Å². The first-order valence-corrected chi connectivity index (χ1v) is 12.8. The molecule has 2 N–H and O–H groups in total. The van der Waals surface area contributed by atoms with E-state index in [2.05, 4.69) is 16.7 Å². The monoisotopic (exact) mass is 496 g/mol. The molecule has 1 aromatic carbocycles.